The first-order valence-corrected chi connectivity index (χ1v) is 11.7. The van der Waals surface area contributed by atoms with Crippen molar-refractivity contribution in [2.75, 3.05) is 11.9 Å². The number of carbonyl (C=O) groups excluding carboxylic acids is 2. The Hall–Kier alpha value is -2.04. The quantitative estimate of drug-likeness (QED) is 0.557. The lowest BCUT2D eigenvalue weighted by atomic mass is 9.67. The van der Waals surface area contributed by atoms with E-state index in [9.17, 15) is 9.59 Å². The van der Waals surface area contributed by atoms with E-state index in [-0.39, 0.29) is 11.8 Å². The van der Waals surface area contributed by atoms with Gasteiger partial charge in [0, 0.05) is 28.9 Å². The Kier molecular flexibility index (Phi) is 6.32. The molecule has 0 bridgehead atoms. The molecule has 1 saturated heterocycles. The fourth-order valence-electron chi connectivity index (χ4n) is 5.10. The second kappa shape index (κ2) is 8.84. The molecular formula is C25H28Cl2N2O2. The standard InChI is InChI=1S/C25H28Cl2N2O2/c1-25(2)12-11-22-17(15-25)4-3-13-29(22)24(31)16-5-8-19(9-6-16)28-23(30)20-10-7-18(26)14-21(20)27/h5-10,14,17,22H,3-4,11-13,15H2,1-2H3,(H,28,30)/t17-,22-/m0/s1. The van der Waals surface area contributed by atoms with Crippen LogP contribution in [0.25, 0.3) is 0 Å². The number of likely N-dealkylation sites (tertiary alicyclic amines) is 1. The average molecular weight is 459 g/mol. The van der Waals surface area contributed by atoms with Crippen molar-refractivity contribution in [1.29, 1.82) is 0 Å². The van der Waals surface area contributed by atoms with Gasteiger partial charge in [0.15, 0.2) is 0 Å². The summed E-state index contributed by atoms with van der Waals surface area (Å²) in [5.74, 6) is 0.376. The van der Waals surface area contributed by atoms with Crippen LogP contribution in [0.3, 0.4) is 0 Å². The molecule has 1 aliphatic heterocycles. The number of rotatable bonds is 3. The second-order valence-corrected chi connectivity index (χ2v) is 10.4. The maximum atomic E-state index is 13.3. The van der Waals surface area contributed by atoms with Gasteiger partial charge in [0.2, 0.25) is 0 Å². The fourth-order valence-corrected chi connectivity index (χ4v) is 5.60. The minimum atomic E-state index is -0.315. The third-order valence-electron chi connectivity index (χ3n) is 6.68. The van der Waals surface area contributed by atoms with Gasteiger partial charge in [-0.3, -0.25) is 9.59 Å². The van der Waals surface area contributed by atoms with Gasteiger partial charge in [0.1, 0.15) is 0 Å². The molecule has 1 N–H and O–H groups in total. The third kappa shape index (κ3) is 4.91. The smallest absolute Gasteiger partial charge is 0.257 e. The monoisotopic (exact) mass is 458 g/mol. The van der Waals surface area contributed by atoms with Crippen molar-refractivity contribution in [1.82, 2.24) is 4.90 Å². The molecule has 2 atom stereocenters. The van der Waals surface area contributed by atoms with Crippen LogP contribution >= 0.6 is 23.2 Å². The van der Waals surface area contributed by atoms with Crippen LogP contribution < -0.4 is 5.32 Å². The van der Waals surface area contributed by atoms with Crippen LogP contribution in [0, 0.1) is 11.3 Å². The predicted molar refractivity (Wildman–Crippen MR) is 126 cm³/mol. The van der Waals surface area contributed by atoms with Crippen LogP contribution in [-0.2, 0) is 0 Å². The Labute approximate surface area is 193 Å². The summed E-state index contributed by atoms with van der Waals surface area (Å²) in [6, 6.07) is 12.2. The Morgan fingerprint density at radius 1 is 1.06 bits per heavy atom. The maximum absolute atomic E-state index is 13.3. The Bertz CT molecular complexity index is 988. The molecule has 164 valence electrons. The van der Waals surface area contributed by atoms with Crippen molar-refractivity contribution < 1.29 is 9.59 Å². The lowest BCUT2D eigenvalue weighted by Crippen LogP contribution is -2.51. The predicted octanol–water partition coefficient (Wildman–Crippen LogP) is 6.68. The first kappa shape index (κ1) is 22.2. The number of nitrogens with one attached hydrogen (secondary N) is 1. The molecule has 2 aliphatic rings. The van der Waals surface area contributed by atoms with E-state index in [0.717, 1.165) is 25.8 Å². The molecule has 1 heterocycles. The molecule has 2 amide bonds. The van der Waals surface area contributed by atoms with Crippen LogP contribution in [0.5, 0.6) is 0 Å². The minimum absolute atomic E-state index is 0.0908. The summed E-state index contributed by atoms with van der Waals surface area (Å²) < 4.78 is 0. The molecule has 1 aliphatic carbocycles. The van der Waals surface area contributed by atoms with Gasteiger partial charge in [-0.2, -0.15) is 0 Å². The Balaban J connectivity index is 1.44. The van der Waals surface area contributed by atoms with E-state index in [2.05, 4.69) is 24.1 Å². The molecule has 1 saturated carbocycles. The summed E-state index contributed by atoms with van der Waals surface area (Å²) in [4.78, 5) is 27.9. The van der Waals surface area contributed by atoms with Crippen molar-refractivity contribution in [3.8, 4) is 0 Å². The maximum Gasteiger partial charge on any atom is 0.257 e. The first-order chi connectivity index (χ1) is 14.7. The molecule has 2 aromatic rings. The highest BCUT2D eigenvalue weighted by Crippen LogP contribution is 2.44. The van der Waals surface area contributed by atoms with E-state index in [1.165, 1.54) is 18.9 Å². The Morgan fingerprint density at radius 2 is 1.81 bits per heavy atom. The van der Waals surface area contributed by atoms with Crippen LogP contribution in [0.1, 0.15) is 66.7 Å². The SMILES string of the molecule is CC1(C)CC[C@H]2[C@@H](CCCN2C(=O)c2ccc(NC(=O)c3ccc(Cl)cc3Cl)cc2)C1. The van der Waals surface area contributed by atoms with Crippen LogP contribution in [0.15, 0.2) is 42.5 Å². The molecule has 6 heteroatoms. The summed E-state index contributed by atoms with van der Waals surface area (Å²) in [5, 5.41) is 3.60. The number of piperidine rings is 1. The topological polar surface area (TPSA) is 49.4 Å². The number of carbonyl (C=O) groups is 2. The number of anilines is 1. The van der Waals surface area contributed by atoms with Crippen LogP contribution in [-0.4, -0.2) is 29.3 Å². The number of hydrogen-bond acceptors (Lipinski definition) is 2. The van der Waals surface area contributed by atoms with Gasteiger partial charge in [0.05, 0.1) is 10.6 Å². The summed E-state index contributed by atoms with van der Waals surface area (Å²) in [7, 11) is 0. The zero-order valence-electron chi connectivity index (χ0n) is 18.0. The van der Waals surface area contributed by atoms with E-state index in [1.54, 1.807) is 36.4 Å². The second-order valence-electron chi connectivity index (χ2n) is 9.53. The van der Waals surface area contributed by atoms with Crippen molar-refractivity contribution >= 4 is 40.7 Å². The molecule has 0 radical (unpaired) electrons. The van der Waals surface area contributed by atoms with E-state index in [4.69, 9.17) is 23.2 Å². The molecular weight excluding hydrogens is 431 g/mol. The van der Waals surface area contributed by atoms with E-state index < -0.39 is 0 Å². The highest BCUT2D eigenvalue weighted by atomic mass is 35.5. The zero-order valence-corrected chi connectivity index (χ0v) is 19.5. The van der Waals surface area contributed by atoms with Gasteiger partial charge in [-0.05, 0) is 85.9 Å². The molecule has 4 rings (SSSR count). The first-order valence-electron chi connectivity index (χ1n) is 10.9. The van der Waals surface area contributed by atoms with E-state index >= 15 is 0 Å². The van der Waals surface area contributed by atoms with Gasteiger partial charge in [-0.15, -0.1) is 0 Å². The molecule has 0 spiro atoms. The average Bonchev–Trinajstić information content (AvgIpc) is 2.72. The number of hydrogen-bond donors (Lipinski definition) is 1. The highest BCUT2D eigenvalue weighted by molar-refractivity contribution is 6.37. The van der Waals surface area contributed by atoms with Crippen molar-refractivity contribution in [2.24, 2.45) is 11.3 Å². The van der Waals surface area contributed by atoms with Gasteiger partial charge >= 0.3 is 0 Å². The van der Waals surface area contributed by atoms with Crippen molar-refractivity contribution in [3.63, 3.8) is 0 Å². The van der Waals surface area contributed by atoms with Gasteiger partial charge < -0.3 is 10.2 Å². The van der Waals surface area contributed by atoms with Gasteiger partial charge in [0.25, 0.3) is 11.8 Å². The fraction of sp³-hybridized carbons (Fsp3) is 0.440. The number of amides is 2. The molecule has 31 heavy (non-hydrogen) atoms. The molecule has 0 aromatic heterocycles. The van der Waals surface area contributed by atoms with Crippen LogP contribution in [0.4, 0.5) is 5.69 Å². The van der Waals surface area contributed by atoms with Gasteiger partial charge in [-0.25, -0.2) is 0 Å². The summed E-state index contributed by atoms with van der Waals surface area (Å²) in [6.45, 7) is 5.51. The Morgan fingerprint density at radius 3 is 2.52 bits per heavy atom. The normalized spacial score (nSPS) is 22.5. The van der Waals surface area contributed by atoms with E-state index in [1.807, 2.05) is 0 Å². The zero-order chi connectivity index (χ0) is 22.2. The van der Waals surface area contributed by atoms with Crippen molar-refractivity contribution in [2.45, 2.75) is 52.0 Å². The summed E-state index contributed by atoms with van der Waals surface area (Å²) in [5.41, 5.74) is 2.00. The lowest BCUT2D eigenvalue weighted by molar-refractivity contribution is 0.0169. The summed E-state index contributed by atoms with van der Waals surface area (Å²) >= 11 is 12.0. The molecule has 4 nitrogen and oxygen atoms in total. The highest BCUT2D eigenvalue weighted by Gasteiger charge is 2.41. The lowest BCUT2D eigenvalue weighted by Gasteiger charge is -2.48. The number of nitrogens with zero attached hydrogens (tertiary/aromatic N) is 1. The number of fused-ring (bicyclic) bond motifs is 1. The molecule has 2 fully saturated rings. The van der Waals surface area contributed by atoms with Crippen LogP contribution in [0.2, 0.25) is 10.0 Å². The molecule has 0 unspecified atom stereocenters. The van der Waals surface area contributed by atoms with Crippen molar-refractivity contribution in [3.05, 3.63) is 63.6 Å². The van der Waals surface area contributed by atoms with Gasteiger partial charge in [-0.1, -0.05) is 37.0 Å². The number of benzene rings is 2. The van der Waals surface area contributed by atoms with E-state index in [0.29, 0.717) is 44.2 Å². The number of halogens is 2. The third-order valence-corrected chi connectivity index (χ3v) is 7.22. The summed E-state index contributed by atoms with van der Waals surface area (Å²) in [6.07, 6.45) is 5.73. The largest absolute Gasteiger partial charge is 0.335 e. The minimum Gasteiger partial charge on any atom is -0.335 e. The molecule has 2 aromatic carbocycles.